The fraction of sp³-hybridized carbons (Fsp3) is 0.667. The first-order valence-corrected chi connectivity index (χ1v) is 3.90. The zero-order valence-electron chi connectivity index (χ0n) is 6.64. The van der Waals surface area contributed by atoms with E-state index in [2.05, 4.69) is 4.52 Å². The number of phosphoric ester groups is 1. The Hall–Kier alpha value is -0.500. The van der Waals surface area contributed by atoms with Crippen molar-refractivity contribution in [3.05, 3.63) is 0 Å². The van der Waals surface area contributed by atoms with Crippen LogP contribution in [0.5, 0.6) is 0 Å². The molecule has 1 atom stereocenters. The van der Waals surface area contributed by atoms with Gasteiger partial charge < -0.3 is 22.6 Å². The molecule has 0 rings (SSSR count). The zero-order chi connectivity index (χ0) is 8.36. The maximum absolute atomic E-state index is 10.3. The second kappa shape index (κ2) is 6.06. The lowest BCUT2D eigenvalue weighted by molar-refractivity contribution is -0.136. The molecule has 0 spiro atoms. The number of carbonyl (C=O) groups excluding carboxylic acids is 1. The SMILES string of the molecule is C[C@@H](N)C(=O)OP(=O)(O)O.N.N. The second-order valence-electron chi connectivity index (χ2n) is 1.69. The standard InChI is InChI=1S/C3H8NO5P.2H3N/c1-2(4)3(5)9-10(6,7)8;;/h2H,4H2,1H3,(H2,6,7,8);2*1H3/t2-;;/m1../s1. The molecule has 0 heterocycles. The largest absolute Gasteiger partial charge is 0.527 e. The predicted octanol–water partition coefficient (Wildman–Crippen LogP) is -0.706. The van der Waals surface area contributed by atoms with Gasteiger partial charge in [-0.1, -0.05) is 0 Å². The minimum Gasteiger partial charge on any atom is -0.369 e. The van der Waals surface area contributed by atoms with Crippen LogP contribution in [0.1, 0.15) is 6.92 Å². The summed E-state index contributed by atoms with van der Waals surface area (Å²) in [4.78, 5) is 26.4. The molecule has 76 valence electrons. The van der Waals surface area contributed by atoms with Gasteiger partial charge in [-0.15, -0.1) is 0 Å². The van der Waals surface area contributed by atoms with Crippen LogP contribution in [0.2, 0.25) is 0 Å². The highest BCUT2D eigenvalue weighted by Gasteiger charge is 2.22. The normalized spacial score (nSPS) is 12.0. The summed E-state index contributed by atoms with van der Waals surface area (Å²) in [6.45, 7) is 1.26. The fourth-order valence-corrected chi connectivity index (χ4v) is 0.601. The molecule has 0 aliphatic rings. The first kappa shape index (κ1) is 17.5. The zero-order valence-corrected chi connectivity index (χ0v) is 7.53. The number of hydrogen-bond acceptors (Lipinski definition) is 6. The van der Waals surface area contributed by atoms with E-state index in [-0.39, 0.29) is 12.3 Å². The van der Waals surface area contributed by atoms with Crippen molar-refractivity contribution >= 4 is 13.8 Å². The van der Waals surface area contributed by atoms with Crippen LogP contribution < -0.4 is 18.0 Å². The third-order valence-corrected chi connectivity index (χ3v) is 0.998. The predicted molar refractivity (Wildman–Crippen MR) is 41.8 cm³/mol. The van der Waals surface area contributed by atoms with E-state index in [1.165, 1.54) is 6.92 Å². The molecule has 0 saturated carbocycles. The Morgan fingerprint density at radius 2 is 1.83 bits per heavy atom. The van der Waals surface area contributed by atoms with Gasteiger partial charge in [0.05, 0.1) is 0 Å². The highest BCUT2D eigenvalue weighted by atomic mass is 31.2. The van der Waals surface area contributed by atoms with E-state index in [0.717, 1.165) is 0 Å². The van der Waals surface area contributed by atoms with Gasteiger partial charge in [0, 0.05) is 0 Å². The van der Waals surface area contributed by atoms with Crippen molar-refractivity contribution < 1.29 is 23.7 Å². The van der Waals surface area contributed by atoms with Gasteiger partial charge in [0.25, 0.3) is 0 Å². The highest BCUT2D eigenvalue weighted by molar-refractivity contribution is 7.46. The molecular weight excluding hydrogens is 189 g/mol. The summed E-state index contributed by atoms with van der Waals surface area (Å²) in [6, 6.07) is -1.02. The average molecular weight is 203 g/mol. The molecule has 0 aromatic heterocycles. The Morgan fingerprint density at radius 3 is 1.92 bits per heavy atom. The summed E-state index contributed by atoms with van der Waals surface area (Å²) in [5, 5.41) is 0. The number of rotatable bonds is 2. The van der Waals surface area contributed by atoms with Gasteiger partial charge in [0.2, 0.25) is 0 Å². The fourth-order valence-electron chi connectivity index (χ4n) is 0.200. The van der Waals surface area contributed by atoms with Crippen LogP contribution in [-0.4, -0.2) is 21.8 Å². The van der Waals surface area contributed by atoms with Gasteiger partial charge in [-0.3, -0.25) is 9.79 Å². The summed E-state index contributed by atoms with van der Waals surface area (Å²) in [5.74, 6) is -1.12. The Bertz CT molecular complexity index is 177. The van der Waals surface area contributed by atoms with Crippen molar-refractivity contribution in [3.63, 3.8) is 0 Å². The van der Waals surface area contributed by atoms with Gasteiger partial charge in [0.15, 0.2) is 0 Å². The van der Waals surface area contributed by atoms with Crippen LogP contribution in [-0.2, 0) is 13.9 Å². The topological polar surface area (TPSA) is 180 Å². The number of phosphoric acid groups is 1. The van der Waals surface area contributed by atoms with Gasteiger partial charge in [-0.05, 0) is 6.92 Å². The molecule has 0 amide bonds. The summed E-state index contributed by atoms with van der Waals surface area (Å²) in [7, 11) is -4.71. The van der Waals surface area contributed by atoms with Gasteiger partial charge >= 0.3 is 13.8 Å². The minimum absolute atomic E-state index is 0. The van der Waals surface area contributed by atoms with Gasteiger partial charge in [-0.2, -0.15) is 0 Å². The Morgan fingerprint density at radius 1 is 1.50 bits per heavy atom. The van der Waals surface area contributed by atoms with E-state index in [4.69, 9.17) is 15.5 Å². The monoisotopic (exact) mass is 203 g/mol. The van der Waals surface area contributed by atoms with E-state index in [0.29, 0.717) is 0 Å². The van der Waals surface area contributed by atoms with E-state index in [1.54, 1.807) is 0 Å². The van der Waals surface area contributed by atoms with Gasteiger partial charge in [0.1, 0.15) is 6.04 Å². The van der Waals surface area contributed by atoms with E-state index >= 15 is 0 Å². The quantitative estimate of drug-likeness (QED) is 0.365. The van der Waals surface area contributed by atoms with Crippen molar-refractivity contribution in [2.45, 2.75) is 13.0 Å². The molecule has 0 fully saturated rings. The molecular formula is C3H14N3O5P. The second-order valence-corrected chi connectivity index (χ2v) is 2.85. The Labute approximate surface area is 69.5 Å². The van der Waals surface area contributed by atoms with Crippen LogP contribution in [0.4, 0.5) is 0 Å². The minimum atomic E-state index is -4.71. The molecule has 12 heavy (non-hydrogen) atoms. The molecule has 9 heteroatoms. The molecule has 0 unspecified atom stereocenters. The summed E-state index contributed by atoms with van der Waals surface area (Å²) in [6.07, 6.45) is 0. The maximum atomic E-state index is 10.3. The molecule has 0 aromatic rings. The number of carbonyl (C=O) groups is 1. The summed E-state index contributed by atoms with van der Waals surface area (Å²) >= 11 is 0. The molecule has 0 radical (unpaired) electrons. The van der Waals surface area contributed by atoms with Crippen LogP contribution in [0, 0.1) is 0 Å². The molecule has 0 bridgehead atoms. The van der Waals surface area contributed by atoms with Crippen molar-refractivity contribution in [2.24, 2.45) is 5.73 Å². The van der Waals surface area contributed by atoms with Crippen LogP contribution in [0.3, 0.4) is 0 Å². The van der Waals surface area contributed by atoms with Crippen LogP contribution in [0.15, 0.2) is 0 Å². The Kier molecular flexibility index (Phi) is 8.87. The highest BCUT2D eigenvalue weighted by Crippen LogP contribution is 2.35. The lowest BCUT2D eigenvalue weighted by Gasteiger charge is -2.06. The van der Waals surface area contributed by atoms with E-state index in [9.17, 15) is 9.36 Å². The Balaban J connectivity index is -0.000000405. The third kappa shape index (κ3) is 9.50. The molecule has 8 nitrogen and oxygen atoms in total. The number of hydrogen-bond donors (Lipinski definition) is 5. The summed E-state index contributed by atoms with van der Waals surface area (Å²) in [5.41, 5.74) is 4.93. The molecule has 0 aliphatic heterocycles. The third-order valence-electron chi connectivity index (χ3n) is 0.581. The maximum Gasteiger partial charge on any atom is 0.527 e. The van der Waals surface area contributed by atoms with Crippen molar-refractivity contribution in [3.8, 4) is 0 Å². The first-order chi connectivity index (χ1) is 4.33. The molecule has 0 saturated heterocycles. The van der Waals surface area contributed by atoms with E-state index < -0.39 is 19.8 Å². The molecule has 10 N–H and O–H groups in total. The van der Waals surface area contributed by atoms with Crippen LogP contribution >= 0.6 is 7.82 Å². The lowest BCUT2D eigenvalue weighted by atomic mass is 10.4. The van der Waals surface area contributed by atoms with Crippen molar-refractivity contribution in [1.29, 1.82) is 0 Å². The molecule has 0 aliphatic carbocycles. The number of nitrogens with two attached hydrogens (primary N) is 1. The average Bonchev–Trinajstić information content (AvgIpc) is 1.60. The lowest BCUT2D eigenvalue weighted by Crippen LogP contribution is -2.27. The summed E-state index contributed by atoms with van der Waals surface area (Å²) < 4.78 is 13.5. The van der Waals surface area contributed by atoms with Gasteiger partial charge in [-0.25, -0.2) is 9.36 Å². The van der Waals surface area contributed by atoms with Crippen LogP contribution in [0.25, 0.3) is 0 Å². The first-order valence-electron chi connectivity index (χ1n) is 2.37. The van der Waals surface area contributed by atoms with Crippen molar-refractivity contribution in [1.82, 2.24) is 12.3 Å². The molecule has 0 aromatic carbocycles. The van der Waals surface area contributed by atoms with E-state index in [1.807, 2.05) is 0 Å². The van der Waals surface area contributed by atoms with Crippen molar-refractivity contribution in [2.75, 3.05) is 0 Å². The smallest absolute Gasteiger partial charge is 0.369 e.